The van der Waals surface area contributed by atoms with Crippen molar-refractivity contribution in [3.63, 3.8) is 0 Å². The first kappa shape index (κ1) is 13.8. The quantitative estimate of drug-likeness (QED) is 0.618. The van der Waals surface area contributed by atoms with Crippen molar-refractivity contribution in [1.82, 2.24) is 14.8 Å². The molecule has 3 N–H and O–H groups in total. The van der Waals surface area contributed by atoms with Gasteiger partial charge in [0.1, 0.15) is 0 Å². The third-order valence-corrected chi connectivity index (χ3v) is 3.39. The van der Waals surface area contributed by atoms with Crippen molar-refractivity contribution in [3.05, 3.63) is 10.5 Å². The molecule has 0 radical (unpaired) electrons. The number of hydrogen-bond donors (Lipinski definition) is 3. The highest BCUT2D eigenvalue weighted by Crippen LogP contribution is 2.20. The number of aromatic nitrogens is 3. The second kappa shape index (κ2) is 5.37. The summed E-state index contributed by atoms with van der Waals surface area (Å²) in [6.07, 6.45) is 0.766. The minimum atomic E-state index is -1.84. The van der Waals surface area contributed by atoms with Gasteiger partial charge in [0.15, 0.2) is 10.8 Å². The number of aliphatic hydroxyl groups is 1. The van der Waals surface area contributed by atoms with Gasteiger partial charge in [0, 0.05) is 12.3 Å². The highest BCUT2D eigenvalue weighted by Gasteiger charge is 2.30. The Labute approximate surface area is 102 Å². The van der Waals surface area contributed by atoms with E-state index in [1.807, 2.05) is 6.92 Å². The van der Waals surface area contributed by atoms with Crippen LogP contribution in [0.3, 0.4) is 0 Å². The van der Waals surface area contributed by atoms with Gasteiger partial charge in [0.05, 0.1) is 0 Å². The van der Waals surface area contributed by atoms with Gasteiger partial charge in [-0.15, -0.1) is 5.10 Å². The topological polar surface area (TPSA) is 108 Å². The predicted molar refractivity (Wildman–Crippen MR) is 62.1 cm³/mol. The molecule has 17 heavy (non-hydrogen) atoms. The van der Waals surface area contributed by atoms with E-state index in [0.29, 0.717) is 11.7 Å². The molecule has 0 aliphatic carbocycles. The lowest BCUT2D eigenvalue weighted by atomic mass is 10.1. The van der Waals surface area contributed by atoms with E-state index in [2.05, 4.69) is 10.2 Å². The highest BCUT2D eigenvalue weighted by molar-refractivity contribution is 7.99. The molecule has 1 rings (SSSR count). The molecule has 1 heterocycles. The fourth-order valence-electron chi connectivity index (χ4n) is 1.10. The maximum absolute atomic E-state index is 11.3. The summed E-state index contributed by atoms with van der Waals surface area (Å²) in [6.45, 7) is 3.63. The number of hydrogen-bond acceptors (Lipinski definition) is 5. The lowest BCUT2D eigenvalue weighted by Crippen LogP contribution is -2.37. The van der Waals surface area contributed by atoms with Crippen LogP contribution in [0.4, 0.5) is 0 Å². The molecule has 0 bridgehead atoms. The molecule has 0 spiro atoms. The molecule has 96 valence electrons. The van der Waals surface area contributed by atoms with Crippen LogP contribution in [-0.2, 0) is 11.3 Å². The first-order valence-corrected chi connectivity index (χ1v) is 6.11. The molecule has 7 nitrogen and oxygen atoms in total. The standard InChI is InChI=1S/C9H15N3O4S/c1-3-4-12-7(15)10-11-8(12)17-5-9(2,16)6(13)14/h16H,3-5H2,1-2H3,(H,10,15)(H,13,14). The van der Waals surface area contributed by atoms with Gasteiger partial charge in [0.25, 0.3) is 0 Å². The molecule has 8 heteroatoms. The number of thioether (sulfide) groups is 1. The van der Waals surface area contributed by atoms with Crippen LogP contribution in [0, 0.1) is 0 Å². The lowest BCUT2D eigenvalue weighted by Gasteiger charge is -2.16. The smallest absolute Gasteiger partial charge is 0.343 e. The van der Waals surface area contributed by atoms with E-state index in [9.17, 15) is 14.7 Å². The SMILES string of the molecule is CCCn1c(SCC(C)(O)C(=O)O)n[nH]c1=O. The summed E-state index contributed by atoms with van der Waals surface area (Å²) in [7, 11) is 0. The van der Waals surface area contributed by atoms with Crippen LogP contribution >= 0.6 is 11.8 Å². The predicted octanol–water partition coefficient (Wildman–Crippen LogP) is -0.0909. The average molecular weight is 261 g/mol. The van der Waals surface area contributed by atoms with E-state index in [1.165, 1.54) is 11.5 Å². The van der Waals surface area contributed by atoms with Crippen molar-refractivity contribution in [3.8, 4) is 0 Å². The fourth-order valence-corrected chi connectivity index (χ4v) is 2.07. The number of aliphatic carboxylic acids is 1. The minimum Gasteiger partial charge on any atom is -0.479 e. The molecule has 0 fully saturated rings. The van der Waals surface area contributed by atoms with E-state index in [1.54, 1.807) is 0 Å². The number of nitrogens with zero attached hydrogens (tertiary/aromatic N) is 2. The van der Waals surface area contributed by atoms with E-state index < -0.39 is 11.6 Å². The van der Waals surface area contributed by atoms with Gasteiger partial charge < -0.3 is 10.2 Å². The van der Waals surface area contributed by atoms with Crippen LogP contribution < -0.4 is 5.69 Å². The summed E-state index contributed by atoms with van der Waals surface area (Å²) in [5.74, 6) is -1.37. The van der Waals surface area contributed by atoms with Gasteiger partial charge in [-0.1, -0.05) is 18.7 Å². The molecule has 0 aromatic carbocycles. The number of aromatic amines is 1. The molecule has 0 saturated carbocycles. The Hall–Kier alpha value is -1.28. The zero-order valence-electron chi connectivity index (χ0n) is 9.63. The summed E-state index contributed by atoms with van der Waals surface area (Å²) in [5.41, 5.74) is -2.17. The van der Waals surface area contributed by atoms with Crippen LogP contribution in [0.5, 0.6) is 0 Å². The summed E-state index contributed by atoms with van der Waals surface area (Å²) >= 11 is 1.03. The lowest BCUT2D eigenvalue weighted by molar-refractivity contribution is -0.154. The Morgan fingerprint density at radius 1 is 1.65 bits per heavy atom. The van der Waals surface area contributed by atoms with Gasteiger partial charge in [0.2, 0.25) is 0 Å². The summed E-state index contributed by atoms with van der Waals surface area (Å²) in [6, 6.07) is 0. The molecule has 1 aromatic rings. The van der Waals surface area contributed by atoms with Crippen molar-refractivity contribution in [2.45, 2.75) is 37.6 Å². The number of carbonyl (C=O) groups is 1. The highest BCUT2D eigenvalue weighted by atomic mass is 32.2. The van der Waals surface area contributed by atoms with Crippen LogP contribution in [-0.4, -0.2) is 42.3 Å². The van der Waals surface area contributed by atoms with Gasteiger partial charge >= 0.3 is 11.7 Å². The minimum absolute atomic E-state index is 0.0731. The zero-order chi connectivity index (χ0) is 13.1. The Balaban J connectivity index is 2.76. The maximum atomic E-state index is 11.3. The van der Waals surface area contributed by atoms with Gasteiger partial charge in [-0.2, -0.15) is 0 Å². The van der Waals surface area contributed by atoms with Gasteiger partial charge in [-0.3, -0.25) is 4.57 Å². The molecule has 1 aromatic heterocycles. The molecule has 1 unspecified atom stereocenters. The maximum Gasteiger partial charge on any atom is 0.343 e. The first-order valence-electron chi connectivity index (χ1n) is 5.12. The zero-order valence-corrected chi connectivity index (χ0v) is 10.5. The second-order valence-corrected chi connectivity index (χ2v) is 4.77. The van der Waals surface area contributed by atoms with E-state index in [-0.39, 0.29) is 11.4 Å². The summed E-state index contributed by atoms with van der Waals surface area (Å²) < 4.78 is 1.42. The number of nitrogens with one attached hydrogen (secondary N) is 1. The molecule has 0 aliphatic rings. The molecule has 0 amide bonds. The Morgan fingerprint density at radius 3 is 2.82 bits per heavy atom. The van der Waals surface area contributed by atoms with Gasteiger partial charge in [-0.25, -0.2) is 14.7 Å². The molecular weight excluding hydrogens is 246 g/mol. The van der Waals surface area contributed by atoms with Gasteiger partial charge in [-0.05, 0) is 13.3 Å². The van der Waals surface area contributed by atoms with E-state index >= 15 is 0 Å². The molecule has 1 atom stereocenters. The summed E-state index contributed by atoms with van der Waals surface area (Å²) in [5, 5.41) is 24.7. The van der Waals surface area contributed by atoms with Crippen molar-refractivity contribution in [2.24, 2.45) is 0 Å². The van der Waals surface area contributed by atoms with Crippen molar-refractivity contribution in [1.29, 1.82) is 0 Å². The normalized spacial score (nSPS) is 14.5. The second-order valence-electron chi connectivity index (χ2n) is 3.83. The molecule has 0 aliphatic heterocycles. The molecular formula is C9H15N3O4S. The monoisotopic (exact) mass is 261 g/mol. The van der Waals surface area contributed by atoms with E-state index in [0.717, 1.165) is 18.2 Å². The number of H-pyrrole nitrogens is 1. The fraction of sp³-hybridized carbons (Fsp3) is 0.667. The third-order valence-electron chi connectivity index (χ3n) is 2.11. The largest absolute Gasteiger partial charge is 0.479 e. The summed E-state index contributed by atoms with van der Waals surface area (Å²) in [4.78, 5) is 22.0. The van der Waals surface area contributed by atoms with Crippen molar-refractivity contribution < 1.29 is 15.0 Å². The van der Waals surface area contributed by atoms with E-state index in [4.69, 9.17) is 5.11 Å². The van der Waals surface area contributed by atoms with Crippen LogP contribution in [0.2, 0.25) is 0 Å². The van der Waals surface area contributed by atoms with Crippen LogP contribution in [0.1, 0.15) is 20.3 Å². The third kappa shape index (κ3) is 3.34. The van der Waals surface area contributed by atoms with Crippen LogP contribution in [0.25, 0.3) is 0 Å². The Bertz CT molecular complexity index is 451. The number of carboxylic acid groups (broad SMARTS) is 1. The molecule has 0 saturated heterocycles. The number of carboxylic acids is 1. The van der Waals surface area contributed by atoms with Crippen molar-refractivity contribution in [2.75, 3.05) is 5.75 Å². The average Bonchev–Trinajstić information content (AvgIpc) is 2.58. The van der Waals surface area contributed by atoms with Crippen LogP contribution in [0.15, 0.2) is 9.95 Å². The Kier molecular flexibility index (Phi) is 4.35. The number of rotatable bonds is 6. The van der Waals surface area contributed by atoms with Crippen molar-refractivity contribution >= 4 is 17.7 Å². The first-order chi connectivity index (χ1) is 7.88. The Morgan fingerprint density at radius 2 is 2.29 bits per heavy atom.